The van der Waals surface area contributed by atoms with E-state index in [9.17, 15) is 9.59 Å². The number of rotatable bonds is 4. The lowest BCUT2D eigenvalue weighted by molar-refractivity contribution is -0.125. The van der Waals surface area contributed by atoms with Crippen LogP contribution in [-0.2, 0) is 9.59 Å². The fraction of sp³-hybridized carbons (Fsp3) is 0.667. The van der Waals surface area contributed by atoms with Gasteiger partial charge in [0.25, 0.3) is 0 Å². The van der Waals surface area contributed by atoms with E-state index in [-0.39, 0.29) is 11.7 Å². The molecule has 0 fully saturated rings. The van der Waals surface area contributed by atoms with E-state index in [1.165, 1.54) is 6.92 Å². The van der Waals surface area contributed by atoms with Crippen LogP contribution in [0.2, 0.25) is 0 Å². The van der Waals surface area contributed by atoms with Crippen LogP contribution in [0.4, 0.5) is 0 Å². The molecule has 4 N–H and O–H groups in total. The van der Waals surface area contributed by atoms with Gasteiger partial charge in [0.2, 0.25) is 11.8 Å². The Labute approximate surface area is 73.9 Å². The van der Waals surface area contributed by atoms with E-state index in [4.69, 9.17) is 10.3 Å². The number of nitrogens with one attached hydrogen (secondary N) is 1. The van der Waals surface area contributed by atoms with Gasteiger partial charge in [0.15, 0.2) is 0 Å². The molecular weight excluding hydrogens is 180 g/mol. The summed E-state index contributed by atoms with van der Waals surface area (Å²) in [6, 6.07) is -0.763. The molecule has 6 heteroatoms. The summed E-state index contributed by atoms with van der Waals surface area (Å²) in [6.07, 6.45) is 1.55. The van der Waals surface area contributed by atoms with Crippen LogP contribution in [0.25, 0.3) is 0 Å². The van der Waals surface area contributed by atoms with Gasteiger partial charge >= 0.3 is 0 Å². The van der Waals surface area contributed by atoms with Crippen LogP contribution in [-0.4, -0.2) is 34.4 Å². The lowest BCUT2D eigenvalue weighted by atomic mass is 10.3. The molecule has 0 rings (SSSR count). The SMILES string of the molecule is CC(=O)N[C@H](C[S](C)O)C(N)=O. The van der Waals surface area contributed by atoms with Gasteiger partial charge in [-0.1, -0.05) is 11.2 Å². The van der Waals surface area contributed by atoms with Crippen molar-refractivity contribution in [3.63, 3.8) is 0 Å². The molecule has 0 saturated heterocycles. The smallest absolute Gasteiger partial charge is 0.240 e. The third-order valence-electron chi connectivity index (χ3n) is 1.13. The Hall–Kier alpha value is -0.750. The van der Waals surface area contributed by atoms with E-state index < -0.39 is 23.1 Å². The van der Waals surface area contributed by atoms with Gasteiger partial charge in [-0.25, -0.2) is 0 Å². The molecular formula is C6H13N2O3S. The summed E-state index contributed by atoms with van der Waals surface area (Å²) >= 11 is -0.898. The molecule has 0 spiro atoms. The molecule has 12 heavy (non-hydrogen) atoms. The standard InChI is InChI=1S/C6H13N2O3S/c1-4(9)8-5(6(7)10)3-12(2)11/h5,11H,3H2,1-2H3,(H2,7,10)(H,8,9)/t5-/m1/s1. The van der Waals surface area contributed by atoms with Crippen molar-refractivity contribution in [3.05, 3.63) is 0 Å². The molecule has 0 aromatic heterocycles. The normalized spacial score (nSPS) is 12.7. The lowest BCUT2D eigenvalue weighted by Gasteiger charge is -2.15. The fourth-order valence-corrected chi connectivity index (χ4v) is 1.41. The summed E-state index contributed by atoms with van der Waals surface area (Å²) < 4.78 is 8.95. The van der Waals surface area contributed by atoms with Crippen LogP contribution >= 0.6 is 11.2 Å². The van der Waals surface area contributed by atoms with Crippen molar-refractivity contribution in [2.24, 2.45) is 5.73 Å². The highest BCUT2D eigenvalue weighted by molar-refractivity contribution is 8.11. The number of nitrogens with two attached hydrogens (primary N) is 1. The van der Waals surface area contributed by atoms with Crippen LogP contribution in [0.5, 0.6) is 0 Å². The maximum Gasteiger partial charge on any atom is 0.240 e. The van der Waals surface area contributed by atoms with Gasteiger partial charge in [-0.2, -0.15) is 0 Å². The molecule has 0 aliphatic carbocycles. The van der Waals surface area contributed by atoms with Gasteiger partial charge < -0.3 is 15.6 Å². The van der Waals surface area contributed by atoms with Crippen LogP contribution in [0.3, 0.4) is 0 Å². The Morgan fingerprint density at radius 2 is 2.17 bits per heavy atom. The zero-order valence-electron chi connectivity index (χ0n) is 7.03. The number of carbonyl (C=O) groups is 2. The maximum atomic E-state index is 10.7. The number of carbonyl (C=O) groups excluding carboxylic acids is 2. The Balaban J connectivity index is 4.04. The maximum absolute atomic E-state index is 10.7. The second kappa shape index (κ2) is 5.00. The van der Waals surface area contributed by atoms with Crippen LogP contribution in [0, 0.1) is 0 Å². The summed E-state index contributed by atoms with van der Waals surface area (Å²) in [5.74, 6) is -0.780. The molecule has 0 aliphatic rings. The molecule has 71 valence electrons. The summed E-state index contributed by atoms with van der Waals surface area (Å²) in [7, 11) is 0. The molecule has 2 amide bonds. The quantitative estimate of drug-likeness (QED) is 0.554. The van der Waals surface area contributed by atoms with Gasteiger partial charge in [0.1, 0.15) is 6.04 Å². The molecule has 0 aromatic carbocycles. The highest BCUT2D eigenvalue weighted by Gasteiger charge is 2.17. The van der Waals surface area contributed by atoms with Gasteiger partial charge in [0, 0.05) is 12.7 Å². The largest absolute Gasteiger partial charge is 0.368 e. The van der Waals surface area contributed by atoms with E-state index in [1.54, 1.807) is 6.26 Å². The van der Waals surface area contributed by atoms with Crippen molar-refractivity contribution >= 4 is 23.0 Å². The Bertz CT molecular complexity index is 184. The first-order valence-corrected chi connectivity index (χ1v) is 5.07. The van der Waals surface area contributed by atoms with Crippen molar-refractivity contribution in [2.45, 2.75) is 13.0 Å². The van der Waals surface area contributed by atoms with Gasteiger partial charge in [-0.15, -0.1) is 0 Å². The second-order valence-electron chi connectivity index (χ2n) is 2.42. The Kier molecular flexibility index (Phi) is 4.68. The number of amides is 2. The molecule has 0 bridgehead atoms. The summed E-state index contributed by atoms with van der Waals surface area (Å²) in [5.41, 5.74) is 4.97. The van der Waals surface area contributed by atoms with Gasteiger partial charge in [0.05, 0.1) is 0 Å². The molecule has 0 saturated carbocycles. The van der Waals surface area contributed by atoms with Crippen molar-refractivity contribution in [1.29, 1.82) is 0 Å². The average Bonchev–Trinajstić information content (AvgIpc) is 1.83. The number of hydrogen-bond acceptors (Lipinski definition) is 3. The average molecular weight is 193 g/mol. The van der Waals surface area contributed by atoms with E-state index in [0.717, 1.165) is 0 Å². The van der Waals surface area contributed by atoms with E-state index in [0.29, 0.717) is 0 Å². The third kappa shape index (κ3) is 4.97. The first kappa shape index (κ1) is 11.2. The van der Waals surface area contributed by atoms with Gasteiger partial charge in [-0.3, -0.25) is 9.59 Å². The number of hydrogen-bond donors (Lipinski definition) is 3. The monoisotopic (exact) mass is 193 g/mol. The first-order chi connectivity index (χ1) is 5.43. The van der Waals surface area contributed by atoms with Crippen molar-refractivity contribution in [1.82, 2.24) is 5.32 Å². The van der Waals surface area contributed by atoms with Gasteiger partial charge in [-0.05, 0) is 6.26 Å². The molecule has 1 radical (unpaired) electrons. The molecule has 0 heterocycles. The van der Waals surface area contributed by atoms with Crippen molar-refractivity contribution in [2.75, 3.05) is 12.0 Å². The molecule has 0 aromatic rings. The summed E-state index contributed by atoms with van der Waals surface area (Å²) in [5, 5.41) is 2.34. The highest BCUT2D eigenvalue weighted by atomic mass is 32.2. The Morgan fingerprint density at radius 3 is 2.42 bits per heavy atom. The minimum absolute atomic E-state index is 0.176. The molecule has 0 unspecified atom stereocenters. The second-order valence-corrected chi connectivity index (χ2v) is 3.96. The van der Waals surface area contributed by atoms with E-state index >= 15 is 0 Å². The molecule has 0 aliphatic heterocycles. The van der Waals surface area contributed by atoms with Crippen LogP contribution < -0.4 is 11.1 Å². The number of primary amides is 1. The van der Waals surface area contributed by atoms with E-state index in [2.05, 4.69) is 5.32 Å². The predicted molar refractivity (Wildman–Crippen MR) is 47.8 cm³/mol. The van der Waals surface area contributed by atoms with Crippen LogP contribution in [0.1, 0.15) is 6.92 Å². The lowest BCUT2D eigenvalue weighted by Crippen LogP contribution is -2.45. The Morgan fingerprint density at radius 1 is 1.67 bits per heavy atom. The van der Waals surface area contributed by atoms with Crippen molar-refractivity contribution in [3.8, 4) is 0 Å². The summed E-state index contributed by atoms with van der Waals surface area (Å²) in [4.78, 5) is 21.2. The highest BCUT2D eigenvalue weighted by Crippen LogP contribution is 2.13. The topological polar surface area (TPSA) is 92.4 Å². The van der Waals surface area contributed by atoms with Crippen molar-refractivity contribution < 1.29 is 14.1 Å². The zero-order chi connectivity index (χ0) is 9.72. The molecule has 5 nitrogen and oxygen atoms in total. The minimum Gasteiger partial charge on any atom is -0.368 e. The first-order valence-electron chi connectivity index (χ1n) is 3.31. The molecule has 1 atom stereocenters. The summed E-state index contributed by atoms with van der Waals surface area (Å²) in [6.45, 7) is 1.29. The van der Waals surface area contributed by atoms with Crippen LogP contribution in [0.15, 0.2) is 0 Å². The zero-order valence-corrected chi connectivity index (χ0v) is 7.85. The minimum atomic E-state index is -0.898. The van der Waals surface area contributed by atoms with E-state index in [1.807, 2.05) is 0 Å². The fourth-order valence-electron chi connectivity index (χ4n) is 0.681. The predicted octanol–water partition coefficient (Wildman–Crippen LogP) is -0.652. The third-order valence-corrected chi connectivity index (χ3v) is 1.94.